The number of likely N-dealkylation sites (N-methyl/N-ethyl adjacent to an activating group) is 1. The molecule has 0 atom stereocenters. The fourth-order valence-electron chi connectivity index (χ4n) is 1.75. The molecule has 0 radical (unpaired) electrons. The number of carbonyl (C=O) groups excluding carboxylic acids is 1. The molecule has 1 aromatic rings. The Morgan fingerprint density at radius 1 is 1.56 bits per heavy atom. The highest BCUT2D eigenvalue weighted by Crippen LogP contribution is 2.22. The van der Waals surface area contributed by atoms with Gasteiger partial charge in [0.15, 0.2) is 0 Å². The topological polar surface area (TPSA) is 40.8 Å². The molecule has 1 aliphatic heterocycles. The Labute approximate surface area is 94.1 Å². The number of hydrogen-bond acceptors (Lipinski definition) is 2. The minimum atomic E-state index is 0.00429. The fourth-order valence-corrected chi connectivity index (χ4v) is 1.75. The number of amides is 2. The number of pyridine rings is 1. The summed E-state index contributed by atoms with van der Waals surface area (Å²) in [5, 5.41) is 0. The van der Waals surface area contributed by atoms with Gasteiger partial charge in [-0.15, -0.1) is 4.98 Å². The summed E-state index contributed by atoms with van der Waals surface area (Å²) < 4.78 is 0. The zero-order valence-corrected chi connectivity index (χ0v) is 9.05. The zero-order chi connectivity index (χ0) is 11.5. The summed E-state index contributed by atoms with van der Waals surface area (Å²) in [6, 6.07) is 3.40. The lowest BCUT2D eigenvalue weighted by Crippen LogP contribution is -2.31. The van der Waals surface area contributed by atoms with E-state index < -0.39 is 0 Å². The highest BCUT2D eigenvalue weighted by Gasteiger charge is 2.28. The van der Waals surface area contributed by atoms with Crippen LogP contribution in [0.4, 0.5) is 16.3 Å². The van der Waals surface area contributed by atoms with E-state index in [-0.39, 0.29) is 6.03 Å². The quantitative estimate of drug-likeness (QED) is 0.708. The van der Waals surface area contributed by atoms with E-state index in [1.165, 1.54) is 0 Å². The number of aromatic nitrogens is 1. The van der Waals surface area contributed by atoms with Crippen LogP contribution in [0.15, 0.2) is 18.3 Å². The van der Waals surface area contributed by atoms with Crippen molar-refractivity contribution in [3.63, 3.8) is 0 Å². The standard InChI is InChI=1S/C11H12N4O/c1-3-14-6-7-15(11(14)16)9-4-5-13-10(8-9)12-2/h4-5,8H,3,6-7H2,1H3. The first-order valence-corrected chi connectivity index (χ1v) is 5.16. The Balaban J connectivity index is 2.26. The lowest BCUT2D eigenvalue weighted by molar-refractivity contribution is 0.223. The van der Waals surface area contributed by atoms with E-state index in [9.17, 15) is 4.79 Å². The van der Waals surface area contributed by atoms with Crippen LogP contribution in [0.2, 0.25) is 0 Å². The van der Waals surface area contributed by atoms with Crippen molar-refractivity contribution < 1.29 is 4.79 Å². The molecule has 5 nitrogen and oxygen atoms in total. The maximum atomic E-state index is 11.9. The van der Waals surface area contributed by atoms with E-state index in [4.69, 9.17) is 6.57 Å². The minimum Gasteiger partial charge on any atom is -0.361 e. The molecule has 0 unspecified atom stereocenters. The Morgan fingerprint density at radius 3 is 3.00 bits per heavy atom. The van der Waals surface area contributed by atoms with Crippen molar-refractivity contribution in [1.82, 2.24) is 9.88 Å². The van der Waals surface area contributed by atoms with Crippen LogP contribution in [0.5, 0.6) is 0 Å². The van der Waals surface area contributed by atoms with Crippen molar-refractivity contribution in [2.24, 2.45) is 0 Å². The van der Waals surface area contributed by atoms with E-state index in [2.05, 4.69) is 9.83 Å². The van der Waals surface area contributed by atoms with Gasteiger partial charge in [0.05, 0.1) is 0 Å². The second-order valence-corrected chi connectivity index (χ2v) is 3.50. The molecular weight excluding hydrogens is 204 g/mol. The molecule has 1 fully saturated rings. The van der Waals surface area contributed by atoms with Gasteiger partial charge < -0.3 is 9.74 Å². The second kappa shape index (κ2) is 4.19. The molecule has 0 aliphatic carbocycles. The van der Waals surface area contributed by atoms with E-state index in [0.29, 0.717) is 12.4 Å². The summed E-state index contributed by atoms with van der Waals surface area (Å²) in [6.45, 7) is 11.0. The monoisotopic (exact) mass is 216 g/mol. The molecule has 1 saturated heterocycles. The summed E-state index contributed by atoms with van der Waals surface area (Å²) in [7, 11) is 0. The number of anilines is 1. The van der Waals surface area contributed by atoms with Crippen molar-refractivity contribution in [2.45, 2.75) is 6.92 Å². The summed E-state index contributed by atoms with van der Waals surface area (Å²) in [5.74, 6) is 0.320. The maximum Gasteiger partial charge on any atom is 0.324 e. The van der Waals surface area contributed by atoms with Crippen molar-refractivity contribution >= 4 is 17.5 Å². The van der Waals surface area contributed by atoms with Crippen LogP contribution in [-0.4, -0.2) is 35.5 Å². The molecule has 0 aromatic carbocycles. The van der Waals surface area contributed by atoms with Gasteiger partial charge >= 0.3 is 6.03 Å². The van der Waals surface area contributed by atoms with Gasteiger partial charge in [-0.25, -0.2) is 4.79 Å². The van der Waals surface area contributed by atoms with Crippen LogP contribution >= 0.6 is 0 Å². The van der Waals surface area contributed by atoms with Crippen molar-refractivity contribution in [3.05, 3.63) is 29.7 Å². The van der Waals surface area contributed by atoms with Gasteiger partial charge in [0.25, 0.3) is 5.82 Å². The van der Waals surface area contributed by atoms with Gasteiger partial charge in [-0.1, -0.05) is 6.57 Å². The van der Waals surface area contributed by atoms with E-state index in [1.807, 2.05) is 6.92 Å². The Hall–Kier alpha value is -2.09. The average molecular weight is 216 g/mol. The normalized spacial score (nSPS) is 15.4. The molecule has 0 saturated carbocycles. The molecule has 2 amide bonds. The van der Waals surface area contributed by atoms with Gasteiger partial charge in [-0.05, 0) is 13.0 Å². The maximum absolute atomic E-state index is 11.9. The predicted octanol–water partition coefficient (Wildman–Crippen LogP) is 1.89. The van der Waals surface area contributed by atoms with Crippen LogP contribution in [0.25, 0.3) is 4.85 Å². The van der Waals surface area contributed by atoms with E-state index in [0.717, 1.165) is 18.8 Å². The van der Waals surface area contributed by atoms with E-state index in [1.54, 1.807) is 28.1 Å². The molecule has 82 valence electrons. The second-order valence-electron chi connectivity index (χ2n) is 3.50. The molecule has 1 aromatic heterocycles. The summed E-state index contributed by atoms with van der Waals surface area (Å²) in [4.78, 5) is 22.5. The number of urea groups is 1. The first kappa shape index (κ1) is 10.4. The van der Waals surface area contributed by atoms with Crippen LogP contribution in [0.1, 0.15) is 6.92 Å². The lowest BCUT2D eigenvalue weighted by atomic mass is 10.3. The molecule has 16 heavy (non-hydrogen) atoms. The largest absolute Gasteiger partial charge is 0.361 e. The first-order valence-electron chi connectivity index (χ1n) is 5.16. The third kappa shape index (κ3) is 1.70. The van der Waals surface area contributed by atoms with Crippen LogP contribution < -0.4 is 4.90 Å². The first-order chi connectivity index (χ1) is 7.76. The molecule has 0 bridgehead atoms. The Kier molecular flexibility index (Phi) is 2.73. The smallest absolute Gasteiger partial charge is 0.324 e. The number of rotatable bonds is 2. The van der Waals surface area contributed by atoms with Gasteiger partial charge in [-0.2, -0.15) is 0 Å². The van der Waals surface area contributed by atoms with Gasteiger partial charge in [0.1, 0.15) is 6.20 Å². The highest BCUT2D eigenvalue weighted by atomic mass is 16.2. The number of nitrogens with zero attached hydrogens (tertiary/aromatic N) is 4. The molecule has 0 N–H and O–H groups in total. The highest BCUT2D eigenvalue weighted by molar-refractivity contribution is 5.94. The Morgan fingerprint density at radius 2 is 2.38 bits per heavy atom. The van der Waals surface area contributed by atoms with Crippen LogP contribution in [0, 0.1) is 6.57 Å². The van der Waals surface area contributed by atoms with Gasteiger partial charge in [0, 0.05) is 31.4 Å². The summed E-state index contributed by atoms with van der Waals surface area (Å²) >= 11 is 0. The third-order valence-corrected chi connectivity index (χ3v) is 2.63. The molecule has 5 heteroatoms. The van der Waals surface area contributed by atoms with E-state index >= 15 is 0 Å². The average Bonchev–Trinajstić information content (AvgIpc) is 2.70. The lowest BCUT2D eigenvalue weighted by Gasteiger charge is -2.17. The fraction of sp³-hybridized carbons (Fsp3) is 0.364. The molecular formula is C11H12N4O. The predicted molar refractivity (Wildman–Crippen MR) is 60.5 cm³/mol. The SMILES string of the molecule is [C-]#[N+]c1cc(N2CCN(CC)C2=O)ccn1. The molecule has 0 spiro atoms. The number of hydrogen-bond donors (Lipinski definition) is 0. The minimum absolute atomic E-state index is 0.00429. The van der Waals surface area contributed by atoms with Crippen molar-refractivity contribution in [3.8, 4) is 0 Å². The van der Waals surface area contributed by atoms with Gasteiger partial charge in [-0.3, -0.25) is 4.90 Å². The third-order valence-electron chi connectivity index (χ3n) is 2.63. The number of carbonyl (C=O) groups is 1. The van der Waals surface area contributed by atoms with Gasteiger partial charge in [0.2, 0.25) is 0 Å². The molecule has 2 rings (SSSR count). The van der Waals surface area contributed by atoms with Crippen molar-refractivity contribution in [1.29, 1.82) is 0 Å². The summed E-state index contributed by atoms with van der Waals surface area (Å²) in [6.07, 6.45) is 1.56. The van der Waals surface area contributed by atoms with Crippen molar-refractivity contribution in [2.75, 3.05) is 24.5 Å². The van der Waals surface area contributed by atoms with Crippen LogP contribution in [-0.2, 0) is 0 Å². The molecule has 2 heterocycles. The zero-order valence-electron chi connectivity index (χ0n) is 9.05. The summed E-state index contributed by atoms with van der Waals surface area (Å²) in [5.41, 5.74) is 0.752. The van der Waals surface area contributed by atoms with Crippen LogP contribution in [0.3, 0.4) is 0 Å². The molecule has 1 aliphatic rings. The Bertz CT molecular complexity index is 452.